The van der Waals surface area contributed by atoms with Gasteiger partial charge in [-0.15, -0.1) is 0 Å². The molecule has 0 radical (unpaired) electrons. The summed E-state index contributed by atoms with van der Waals surface area (Å²) in [5, 5.41) is 10.2. The zero-order chi connectivity index (χ0) is 12.6. The number of rotatable bonds is 4. The van der Waals surface area contributed by atoms with Crippen molar-refractivity contribution in [3.8, 4) is 11.5 Å². The number of hydrogen-bond acceptors (Lipinski definition) is 3. The first kappa shape index (κ1) is 12.7. The molecule has 0 atom stereocenters. The van der Waals surface area contributed by atoms with Crippen molar-refractivity contribution in [2.24, 2.45) is 5.73 Å². The molecule has 0 saturated heterocycles. The average molecular weight is 300 g/mol. The quantitative estimate of drug-likeness (QED) is 0.899. The van der Waals surface area contributed by atoms with Gasteiger partial charge in [-0.05, 0) is 37.3 Å². The first-order valence-electron chi connectivity index (χ1n) is 5.87. The summed E-state index contributed by atoms with van der Waals surface area (Å²) in [6.45, 7) is 2.08. The number of benzene rings is 1. The molecule has 3 nitrogen and oxygen atoms in total. The molecule has 0 heterocycles. The highest BCUT2D eigenvalue weighted by molar-refractivity contribution is 9.10. The van der Waals surface area contributed by atoms with Crippen LogP contribution >= 0.6 is 15.9 Å². The minimum Gasteiger partial charge on any atom is -0.504 e. The minimum absolute atomic E-state index is 0.128. The molecule has 1 saturated carbocycles. The van der Waals surface area contributed by atoms with Crippen LogP contribution in [0.5, 0.6) is 11.5 Å². The summed E-state index contributed by atoms with van der Waals surface area (Å²) in [5.41, 5.74) is 8.01. The zero-order valence-electron chi connectivity index (χ0n) is 10.2. The SMILES string of the molecule is CCc1cc(OC)c(O)c(CC2(N)CC2)c1Br. The number of halogens is 1. The summed E-state index contributed by atoms with van der Waals surface area (Å²) in [5.74, 6) is 0.748. The Morgan fingerprint density at radius 3 is 2.65 bits per heavy atom. The molecule has 3 N–H and O–H groups in total. The highest BCUT2D eigenvalue weighted by atomic mass is 79.9. The first-order valence-corrected chi connectivity index (χ1v) is 6.66. The maximum Gasteiger partial charge on any atom is 0.162 e. The number of methoxy groups -OCH3 is 1. The number of phenols is 1. The summed E-state index contributed by atoms with van der Waals surface area (Å²) in [6.07, 6.45) is 3.64. The van der Waals surface area contributed by atoms with Crippen LogP contribution in [0.15, 0.2) is 10.5 Å². The van der Waals surface area contributed by atoms with Crippen molar-refractivity contribution in [3.05, 3.63) is 21.7 Å². The third-order valence-electron chi connectivity index (χ3n) is 3.39. The Kier molecular flexibility index (Phi) is 3.36. The molecule has 0 unspecified atom stereocenters. The van der Waals surface area contributed by atoms with Gasteiger partial charge in [0.25, 0.3) is 0 Å². The second-order valence-corrected chi connectivity index (χ2v) is 5.56. The van der Waals surface area contributed by atoms with Crippen LogP contribution in [0.4, 0.5) is 0 Å². The number of aryl methyl sites for hydroxylation is 1. The summed E-state index contributed by atoms with van der Waals surface area (Å²) in [6, 6.07) is 1.87. The van der Waals surface area contributed by atoms with Gasteiger partial charge in [0, 0.05) is 15.6 Å². The smallest absolute Gasteiger partial charge is 0.162 e. The van der Waals surface area contributed by atoms with E-state index < -0.39 is 0 Å². The van der Waals surface area contributed by atoms with E-state index in [1.165, 1.54) is 0 Å². The van der Waals surface area contributed by atoms with Gasteiger partial charge in [-0.25, -0.2) is 0 Å². The average Bonchev–Trinajstić information content (AvgIpc) is 3.03. The molecule has 94 valence electrons. The molecule has 1 aliphatic carbocycles. The standard InChI is InChI=1S/C13H18BrNO2/c1-3-8-6-10(17-2)12(16)9(11(8)14)7-13(15)4-5-13/h6,16H,3-5,7,15H2,1-2H3. The van der Waals surface area contributed by atoms with Crippen molar-refractivity contribution in [2.75, 3.05) is 7.11 Å². The Bertz CT molecular complexity index is 413. The van der Waals surface area contributed by atoms with E-state index in [-0.39, 0.29) is 11.3 Å². The molecule has 2 rings (SSSR count). The monoisotopic (exact) mass is 299 g/mol. The molecule has 17 heavy (non-hydrogen) atoms. The van der Waals surface area contributed by atoms with E-state index in [0.29, 0.717) is 12.2 Å². The van der Waals surface area contributed by atoms with Gasteiger partial charge in [0.2, 0.25) is 0 Å². The highest BCUT2D eigenvalue weighted by Crippen LogP contribution is 2.44. The minimum atomic E-state index is -0.128. The lowest BCUT2D eigenvalue weighted by Crippen LogP contribution is -2.25. The van der Waals surface area contributed by atoms with Gasteiger partial charge in [-0.3, -0.25) is 0 Å². The third-order valence-corrected chi connectivity index (χ3v) is 4.38. The molecule has 0 bridgehead atoms. The first-order chi connectivity index (χ1) is 8.00. The van der Waals surface area contributed by atoms with Gasteiger partial charge in [0.1, 0.15) is 0 Å². The topological polar surface area (TPSA) is 55.5 Å². The molecule has 0 aliphatic heterocycles. The van der Waals surface area contributed by atoms with E-state index in [2.05, 4.69) is 22.9 Å². The van der Waals surface area contributed by atoms with Crippen LogP contribution in [0.2, 0.25) is 0 Å². The predicted molar refractivity (Wildman–Crippen MR) is 71.6 cm³/mol. The second kappa shape index (κ2) is 4.50. The van der Waals surface area contributed by atoms with E-state index in [4.69, 9.17) is 10.5 Å². The third kappa shape index (κ3) is 2.43. The van der Waals surface area contributed by atoms with Crippen LogP contribution in [0.25, 0.3) is 0 Å². The van der Waals surface area contributed by atoms with Crippen molar-refractivity contribution in [2.45, 2.75) is 38.1 Å². The van der Waals surface area contributed by atoms with Crippen LogP contribution in [0.1, 0.15) is 30.9 Å². The van der Waals surface area contributed by atoms with Crippen molar-refractivity contribution in [3.63, 3.8) is 0 Å². The van der Waals surface area contributed by atoms with Crippen molar-refractivity contribution in [1.29, 1.82) is 0 Å². The van der Waals surface area contributed by atoms with Gasteiger partial charge in [-0.1, -0.05) is 22.9 Å². The number of aromatic hydroxyl groups is 1. The van der Waals surface area contributed by atoms with Crippen molar-refractivity contribution >= 4 is 15.9 Å². The Morgan fingerprint density at radius 1 is 1.53 bits per heavy atom. The molecular weight excluding hydrogens is 282 g/mol. The lowest BCUT2D eigenvalue weighted by molar-refractivity contribution is 0.368. The second-order valence-electron chi connectivity index (χ2n) is 4.77. The van der Waals surface area contributed by atoms with Crippen LogP contribution in [0, 0.1) is 0 Å². The lowest BCUT2D eigenvalue weighted by atomic mass is 9.99. The Labute approximate surface area is 110 Å². The van der Waals surface area contributed by atoms with Gasteiger partial charge in [0.05, 0.1) is 7.11 Å². The molecule has 4 heteroatoms. The summed E-state index contributed by atoms with van der Waals surface area (Å²) in [7, 11) is 1.57. The molecule has 1 aromatic carbocycles. The van der Waals surface area contributed by atoms with Crippen molar-refractivity contribution < 1.29 is 9.84 Å². The largest absolute Gasteiger partial charge is 0.504 e. The maximum absolute atomic E-state index is 10.2. The lowest BCUT2D eigenvalue weighted by Gasteiger charge is -2.17. The number of hydrogen-bond donors (Lipinski definition) is 2. The molecule has 1 aromatic rings. The summed E-state index contributed by atoms with van der Waals surface area (Å²) in [4.78, 5) is 0. The molecule has 0 aromatic heterocycles. The Hall–Kier alpha value is -0.740. The fraction of sp³-hybridized carbons (Fsp3) is 0.538. The zero-order valence-corrected chi connectivity index (χ0v) is 11.8. The Morgan fingerprint density at radius 2 is 2.18 bits per heavy atom. The molecular formula is C13H18BrNO2. The van der Waals surface area contributed by atoms with Crippen LogP contribution in [-0.2, 0) is 12.8 Å². The van der Waals surface area contributed by atoms with E-state index in [0.717, 1.165) is 34.9 Å². The number of phenolic OH excluding ortho intramolecular Hbond substituents is 1. The van der Waals surface area contributed by atoms with Crippen LogP contribution < -0.4 is 10.5 Å². The van der Waals surface area contributed by atoms with Crippen LogP contribution in [0.3, 0.4) is 0 Å². The van der Waals surface area contributed by atoms with E-state index in [1.54, 1.807) is 7.11 Å². The van der Waals surface area contributed by atoms with Crippen LogP contribution in [-0.4, -0.2) is 17.8 Å². The fourth-order valence-electron chi connectivity index (χ4n) is 2.00. The van der Waals surface area contributed by atoms with E-state index in [9.17, 15) is 5.11 Å². The normalized spacial score (nSPS) is 16.9. The highest BCUT2D eigenvalue weighted by Gasteiger charge is 2.39. The molecule has 1 aliphatic rings. The molecule has 1 fully saturated rings. The predicted octanol–water partition coefficient (Wildman–Crippen LogP) is 2.76. The maximum atomic E-state index is 10.2. The van der Waals surface area contributed by atoms with E-state index >= 15 is 0 Å². The molecule has 0 amide bonds. The van der Waals surface area contributed by atoms with Crippen molar-refractivity contribution in [1.82, 2.24) is 0 Å². The van der Waals surface area contributed by atoms with Gasteiger partial charge < -0.3 is 15.6 Å². The van der Waals surface area contributed by atoms with Gasteiger partial charge in [0.15, 0.2) is 11.5 Å². The number of ether oxygens (including phenoxy) is 1. The van der Waals surface area contributed by atoms with Gasteiger partial charge in [-0.2, -0.15) is 0 Å². The summed E-state index contributed by atoms with van der Waals surface area (Å²) < 4.78 is 6.17. The molecule has 0 spiro atoms. The fourth-order valence-corrected chi connectivity index (χ4v) is 2.72. The van der Waals surface area contributed by atoms with E-state index in [1.807, 2.05) is 6.07 Å². The number of nitrogens with two attached hydrogens (primary N) is 1. The Balaban J connectivity index is 2.46. The summed E-state index contributed by atoms with van der Waals surface area (Å²) >= 11 is 3.56. The van der Waals surface area contributed by atoms with Gasteiger partial charge >= 0.3 is 0 Å².